The van der Waals surface area contributed by atoms with Crippen molar-refractivity contribution in [3.8, 4) is 0 Å². The summed E-state index contributed by atoms with van der Waals surface area (Å²) < 4.78 is 5.60. The molecular formula is C12H18N2O2S. The van der Waals surface area contributed by atoms with Gasteiger partial charge in [-0.05, 0) is 19.8 Å². The van der Waals surface area contributed by atoms with Crippen molar-refractivity contribution in [2.45, 2.75) is 32.8 Å². The van der Waals surface area contributed by atoms with Gasteiger partial charge >= 0.3 is 0 Å². The van der Waals surface area contributed by atoms with Crippen LogP contribution >= 0.6 is 11.3 Å². The summed E-state index contributed by atoms with van der Waals surface area (Å²) in [6.45, 7) is 5.19. The van der Waals surface area contributed by atoms with Crippen LogP contribution in [-0.4, -0.2) is 37.1 Å². The lowest BCUT2D eigenvalue weighted by Crippen LogP contribution is -2.28. The Labute approximate surface area is 106 Å². The van der Waals surface area contributed by atoms with Crippen LogP contribution in [0.25, 0.3) is 0 Å². The topological polar surface area (TPSA) is 42.4 Å². The molecule has 1 fully saturated rings. The molecule has 1 aliphatic rings. The van der Waals surface area contributed by atoms with Crippen molar-refractivity contribution in [3.05, 3.63) is 10.6 Å². The Balaban J connectivity index is 2.05. The molecule has 1 aromatic rings. The fourth-order valence-corrected chi connectivity index (χ4v) is 2.98. The second kappa shape index (κ2) is 5.14. The first-order valence-corrected chi connectivity index (χ1v) is 6.70. The molecule has 1 unspecified atom stereocenters. The number of Topliss-reactive ketones (excluding diaryl/α,β-unsaturated/α-hetero) is 1. The maximum Gasteiger partial charge on any atom is 0.186 e. The minimum absolute atomic E-state index is 0.0942. The summed E-state index contributed by atoms with van der Waals surface area (Å²) in [7, 11) is 2.00. The van der Waals surface area contributed by atoms with E-state index in [4.69, 9.17) is 4.74 Å². The van der Waals surface area contributed by atoms with Crippen molar-refractivity contribution in [3.63, 3.8) is 0 Å². The Bertz CT molecular complexity index is 411. The number of anilines is 1. The highest BCUT2D eigenvalue weighted by Crippen LogP contribution is 2.26. The van der Waals surface area contributed by atoms with E-state index in [2.05, 4.69) is 9.88 Å². The number of aryl methyl sites for hydroxylation is 1. The average molecular weight is 254 g/mol. The van der Waals surface area contributed by atoms with Crippen LogP contribution in [0.3, 0.4) is 0 Å². The van der Waals surface area contributed by atoms with Crippen molar-refractivity contribution in [2.24, 2.45) is 0 Å². The summed E-state index contributed by atoms with van der Waals surface area (Å²) >= 11 is 1.47. The van der Waals surface area contributed by atoms with Crippen molar-refractivity contribution in [1.82, 2.24) is 4.98 Å². The predicted molar refractivity (Wildman–Crippen MR) is 69.1 cm³/mol. The molecule has 4 nitrogen and oxygen atoms in total. The van der Waals surface area contributed by atoms with E-state index in [9.17, 15) is 4.79 Å². The third-order valence-electron chi connectivity index (χ3n) is 2.93. The van der Waals surface area contributed by atoms with Gasteiger partial charge in [0.05, 0.1) is 16.7 Å². The number of rotatable bonds is 4. The molecule has 0 bridgehead atoms. The Hall–Kier alpha value is -0.940. The van der Waals surface area contributed by atoms with Crippen LogP contribution in [0.5, 0.6) is 0 Å². The molecule has 0 saturated carbocycles. The number of carbonyl (C=O) groups excluding carboxylic acids is 1. The monoisotopic (exact) mass is 254 g/mol. The zero-order valence-corrected chi connectivity index (χ0v) is 11.3. The van der Waals surface area contributed by atoms with Gasteiger partial charge in [-0.15, -0.1) is 0 Å². The van der Waals surface area contributed by atoms with Crippen LogP contribution < -0.4 is 4.90 Å². The van der Waals surface area contributed by atoms with Crippen LogP contribution in [0.2, 0.25) is 0 Å². The number of nitrogens with zero attached hydrogens (tertiary/aromatic N) is 2. The molecule has 5 heteroatoms. The van der Waals surface area contributed by atoms with Gasteiger partial charge in [0.15, 0.2) is 10.9 Å². The van der Waals surface area contributed by atoms with E-state index in [-0.39, 0.29) is 5.78 Å². The number of thiazole rings is 1. The molecule has 2 heterocycles. The first kappa shape index (κ1) is 12.5. The molecular weight excluding hydrogens is 236 g/mol. The minimum Gasteiger partial charge on any atom is -0.376 e. The molecule has 17 heavy (non-hydrogen) atoms. The van der Waals surface area contributed by atoms with E-state index >= 15 is 0 Å². The lowest BCUT2D eigenvalue weighted by molar-refractivity contribution is 0.102. The highest BCUT2D eigenvalue weighted by molar-refractivity contribution is 7.17. The molecule has 0 spiro atoms. The van der Waals surface area contributed by atoms with Gasteiger partial charge in [-0.2, -0.15) is 0 Å². The predicted octanol–water partition coefficient (Wildman–Crippen LogP) is 2.27. The lowest BCUT2D eigenvalue weighted by Gasteiger charge is -2.19. The highest BCUT2D eigenvalue weighted by Gasteiger charge is 2.20. The number of hydrogen-bond acceptors (Lipinski definition) is 5. The average Bonchev–Trinajstić information content (AvgIpc) is 2.86. The number of ketones is 1. The molecule has 0 N–H and O–H groups in total. The normalized spacial score (nSPS) is 19.6. The van der Waals surface area contributed by atoms with Crippen molar-refractivity contribution >= 4 is 22.3 Å². The van der Waals surface area contributed by atoms with Crippen LogP contribution in [0.1, 0.15) is 35.1 Å². The Kier molecular flexibility index (Phi) is 3.79. The third-order valence-corrected chi connectivity index (χ3v) is 4.31. The third kappa shape index (κ3) is 2.84. The number of aromatic nitrogens is 1. The van der Waals surface area contributed by atoms with Gasteiger partial charge in [0.25, 0.3) is 0 Å². The number of likely N-dealkylation sites (N-methyl/N-ethyl adjacent to an activating group) is 1. The minimum atomic E-state index is 0.0942. The summed E-state index contributed by atoms with van der Waals surface area (Å²) in [6.07, 6.45) is 2.58. The van der Waals surface area contributed by atoms with Gasteiger partial charge in [-0.25, -0.2) is 4.98 Å². The van der Waals surface area contributed by atoms with E-state index in [0.29, 0.717) is 6.10 Å². The Morgan fingerprint density at radius 2 is 2.41 bits per heavy atom. The van der Waals surface area contributed by atoms with Crippen molar-refractivity contribution < 1.29 is 9.53 Å². The maximum absolute atomic E-state index is 11.4. The smallest absolute Gasteiger partial charge is 0.186 e. The van der Waals surface area contributed by atoms with Gasteiger partial charge in [-0.1, -0.05) is 11.3 Å². The van der Waals surface area contributed by atoms with Crippen molar-refractivity contribution in [1.29, 1.82) is 0 Å². The highest BCUT2D eigenvalue weighted by atomic mass is 32.1. The summed E-state index contributed by atoms with van der Waals surface area (Å²) in [5.41, 5.74) is 0.830. The van der Waals surface area contributed by atoms with E-state index in [1.165, 1.54) is 11.3 Å². The summed E-state index contributed by atoms with van der Waals surface area (Å²) in [6, 6.07) is 0. The molecule has 2 rings (SSSR count). The molecule has 1 aliphatic heterocycles. The first-order chi connectivity index (χ1) is 8.08. The molecule has 1 aromatic heterocycles. The molecule has 0 aliphatic carbocycles. The van der Waals surface area contributed by atoms with Crippen LogP contribution in [0.15, 0.2) is 0 Å². The van der Waals surface area contributed by atoms with Crippen LogP contribution in [-0.2, 0) is 4.74 Å². The summed E-state index contributed by atoms with van der Waals surface area (Å²) in [4.78, 5) is 18.7. The van der Waals surface area contributed by atoms with E-state index in [1.807, 2.05) is 14.0 Å². The second-order valence-corrected chi connectivity index (χ2v) is 5.46. The van der Waals surface area contributed by atoms with Crippen LogP contribution in [0.4, 0.5) is 5.13 Å². The fraction of sp³-hybridized carbons (Fsp3) is 0.667. The molecule has 1 saturated heterocycles. The Morgan fingerprint density at radius 3 is 2.94 bits per heavy atom. The van der Waals surface area contributed by atoms with Gasteiger partial charge in [0.1, 0.15) is 0 Å². The second-order valence-electron chi connectivity index (χ2n) is 4.48. The van der Waals surface area contributed by atoms with Gasteiger partial charge in [0, 0.05) is 27.1 Å². The van der Waals surface area contributed by atoms with E-state index in [0.717, 1.165) is 41.7 Å². The van der Waals surface area contributed by atoms with E-state index in [1.54, 1.807) is 6.92 Å². The van der Waals surface area contributed by atoms with Gasteiger partial charge in [0.2, 0.25) is 0 Å². The molecule has 1 atom stereocenters. The molecule has 0 aromatic carbocycles. The van der Waals surface area contributed by atoms with Gasteiger partial charge in [-0.3, -0.25) is 4.79 Å². The quantitative estimate of drug-likeness (QED) is 0.773. The molecule has 0 radical (unpaired) electrons. The summed E-state index contributed by atoms with van der Waals surface area (Å²) in [5, 5.41) is 0.906. The fourth-order valence-electron chi connectivity index (χ4n) is 2.04. The molecule has 0 amide bonds. The standard InChI is InChI=1S/C12H18N2O2S/c1-8-11(9(2)15)17-12(13-8)14(3)7-10-5-4-6-16-10/h10H,4-7H2,1-3H3. The summed E-state index contributed by atoms with van der Waals surface area (Å²) in [5.74, 6) is 0.0942. The Morgan fingerprint density at radius 1 is 1.65 bits per heavy atom. The van der Waals surface area contributed by atoms with Gasteiger partial charge < -0.3 is 9.64 Å². The van der Waals surface area contributed by atoms with E-state index < -0.39 is 0 Å². The maximum atomic E-state index is 11.4. The van der Waals surface area contributed by atoms with Crippen LogP contribution in [0, 0.1) is 6.92 Å². The number of carbonyl (C=O) groups is 1. The van der Waals surface area contributed by atoms with Crippen molar-refractivity contribution in [2.75, 3.05) is 25.1 Å². The first-order valence-electron chi connectivity index (χ1n) is 5.89. The SMILES string of the molecule is CC(=O)c1sc(N(C)CC2CCCO2)nc1C. The number of hydrogen-bond donors (Lipinski definition) is 0. The zero-order chi connectivity index (χ0) is 12.4. The zero-order valence-electron chi connectivity index (χ0n) is 10.5. The molecule has 94 valence electrons. The lowest BCUT2D eigenvalue weighted by atomic mass is 10.2. The largest absolute Gasteiger partial charge is 0.376 e. The number of ether oxygens (including phenoxy) is 1.